The number of likely N-dealkylation sites (tertiary alicyclic amines) is 1. The SMILES string of the molecule is O=C(c1ccc2ccncc2c1)N1CCCCC1. The van der Waals surface area contributed by atoms with Crippen molar-refractivity contribution in [1.29, 1.82) is 0 Å². The molecule has 0 N–H and O–H groups in total. The molecule has 1 aliphatic heterocycles. The minimum atomic E-state index is 0.153. The smallest absolute Gasteiger partial charge is 0.253 e. The maximum absolute atomic E-state index is 12.3. The second kappa shape index (κ2) is 4.77. The van der Waals surface area contributed by atoms with Crippen molar-refractivity contribution in [3.63, 3.8) is 0 Å². The van der Waals surface area contributed by atoms with Crippen molar-refractivity contribution in [2.45, 2.75) is 19.3 Å². The monoisotopic (exact) mass is 240 g/mol. The fraction of sp³-hybridized carbons (Fsp3) is 0.333. The number of benzene rings is 1. The van der Waals surface area contributed by atoms with E-state index in [1.54, 1.807) is 6.20 Å². The van der Waals surface area contributed by atoms with Crippen LogP contribution in [0.15, 0.2) is 36.7 Å². The van der Waals surface area contributed by atoms with E-state index in [0.29, 0.717) is 0 Å². The lowest BCUT2D eigenvalue weighted by molar-refractivity contribution is 0.0724. The summed E-state index contributed by atoms with van der Waals surface area (Å²) in [7, 11) is 0. The second-order valence-corrected chi connectivity index (χ2v) is 4.79. The van der Waals surface area contributed by atoms with Crippen molar-refractivity contribution in [3.8, 4) is 0 Å². The summed E-state index contributed by atoms with van der Waals surface area (Å²) in [6.45, 7) is 1.79. The fourth-order valence-corrected chi connectivity index (χ4v) is 2.50. The van der Waals surface area contributed by atoms with Gasteiger partial charge in [-0.15, -0.1) is 0 Å². The summed E-state index contributed by atoms with van der Waals surface area (Å²) in [5.74, 6) is 0.153. The summed E-state index contributed by atoms with van der Waals surface area (Å²) >= 11 is 0. The number of pyridine rings is 1. The average molecular weight is 240 g/mol. The van der Waals surface area contributed by atoms with Crippen LogP contribution in [-0.2, 0) is 0 Å². The van der Waals surface area contributed by atoms with Crippen LogP contribution >= 0.6 is 0 Å². The maximum Gasteiger partial charge on any atom is 0.253 e. The summed E-state index contributed by atoms with van der Waals surface area (Å²) in [5.41, 5.74) is 0.775. The molecule has 0 unspecified atom stereocenters. The number of hydrogen-bond acceptors (Lipinski definition) is 2. The van der Waals surface area contributed by atoms with Crippen LogP contribution in [0.3, 0.4) is 0 Å². The highest BCUT2D eigenvalue weighted by Crippen LogP contribution is 2.18. The maximum atomic E-state index is 12.3. The van der Waals surface area contributed by atoms with Crippen molar-refractivity contribution in [2.24, 2.45) is 0 Å². The van der Waals surface area contributed by atoms with Crippen molar-refractivity contribution in [2.75, 3.05) is 13.1 Å². The van der Waals surface area contributed by atoms with Crippen LogP contribution in [0.5, 0.6) is 0 Å². The highest BCUT2D eigenvalue weighted by atomic mass is 16.2. The molecule has 92 valence electrons. The van der Waals surface area contributed by atoms with E-state index in [-0.39, 0.29) is 5.91 Å². The molecule has 18 heavy (non-hydrogen) atoms. The molecular formula is C15H16N2O. The zero-order valence-electron chi connectivity index (χ0n) is 10.3. The third-order valence-electron chi connectivity index (χ3n) is 3.53. The Kier molecular flexibility index (Phi) is 2.97. The number of carbonyl (C=O) groups is 1. The lowest BCUT2D eigenvalue weighted by Gasteiger charge is -2.26. The summed E-state index contributed by atoms with van der Waals surface area (Å²) in [4.78, 5) is 18.4. The predicted octanol–water partition coefficient (Wildman–Crippen LogP) is 2.86. The number of nitrogens with zero attached hydrogens (tertiary/aromatic N) is 2. The Bertz CT molecular complexity index is 573. The van der Waals surface area contributed by atoms with Crippen molar-refractivity contribution in [1.82, 2.24) is 9.88 Å². The van der Waals surface area contributed by atoms with Gasteiger partial charge in [0.15, 0.2) is 0 Å². The third-order valence-corrected chi connectivity index (χ3v) is 3.53. The van der Waals surface area contributed by atoms with E-state index in [1.807, 2.05) is 35.4 Å². The average Bonchev–Trinajstić information content (AvgIpc) is 2.47. The molecule has 1 aliphatic rings. The molecule has 0 spiro atoms. The number of hydrogen-bond donors (Lipinski definition) is 0. The van der Waals surface area contributed by atoms with E-state index < -0.39 is 0 Å². The van der Waals surface area contributed by atoms with Gasteiger partial charge in [0, 0.05) is 36.4 Å². The number of rotatable bonds is 1. The Morgan fingerprint density at radius 1 is 1.06 bits per heavy atom. The minimum absolute atomic E-state index is 0.153. The van der Waals surface area contributed by atoms with Crippen molar-refractivity contribution >= 4 is 16.7 Å². The van der Waals surface area contributed by atoms with E-state index in [4.69, 9.17) is 0 Å². The Morgan fingerprint density at radius 3 is 2.72 bits per heavy atom. The molecular weight excluding hydrogens is 224 g/mol. The molecule has 2 aromatic rings. The van der Waals surface area contributed by atoms with Gasteiger partial charge in [0.1, 0.15) is 0 Å². The quantitative estimate of drug-likeness (QED) is 0.768. The van der Waals surface area contributed by atoms with Crippen molar-refractivity contribution < 1.29 is 4.79 Å². The van der Waals surface area contributed by atoms with Crippen LogP contribution in [0, 0.1) is 0 Å². The highest BCUT2D eigenvalue weighted by Gasteiger charge is 2.18. The first kappa shape index (κ1) is 11.2. The van der Waals surface area contributed by atoms with Gasteiger partial charge in [0.25, 0.3) is 5.91 Å². The zero-order chi connectivity index (χ0) is 12.4. The predicted molar refractivity (Wildman–Crippen MR) is 71.5 cm³/mol. The molecule has 1 amide bonds. The number of fused-ring (bicyclic) bond motifs is 1. The van der Waals surface area contributed by atoms with Gasteiger partial charge in [-0.05, 0) is 42.8 Å². The Labute approximate surface area is 106 Å². The number of carbonyl (C=O) groups excluding carboxylic acids is 1. The van der Waals surface area contributed by atoms with E-state index in [9.17, 15) is 4.79 Å². The van der Waals surface area contributed by atoms with Gasteiger partial charge >= 0.3 is 0 Å². The molecule has 3 heteroatoms. The molecule has 0 aliphatic carbocycles. The molecule has 0 radical (unpaired) electrons. The van der Waals surface area contributed by atoms with Crippen LogP contribution in [0.4, 0.5) is 0 Å². The summed E-state index contributed by atoms with van der Waals surface area (Å²) in [5, 5.41) is 2.15. The Hall–Kier alpha value is -1.90. The Morgan fingerprint density at radius 2 is 1.89 bits per heavy atom. The van der Waals surface area contributed by atoms with Crippen LogP contribution in [0.1, 0.15) is 29.6 Å². The standard InChI is InChI=1S/C15H16N2O/c18-15(17-8-2-1-3-9-17)13-5-4-12-6-7-16-11-14(12)10-13/h4-7,10-11H,1-3,8-9H2. The first-order valence-electron chi connectivity index (χ1n) is 6.48. The zero-order valence-corrected chi connectivity index (χ0v) is 10.3. The topological polar surface area (TPSA) is 33.2 Å². The number of amides is 1. The molecule has 1 fully saturated rings. The van der Waals surface area contributed by atoms with Crippen LogP contribution in [0.25, 0.3) is 10.8 Å². The van der Waals surface area contributed by atoms with Gasteiger partial charge in [-0.1, -0.05) is 6.07 Å². The molecule has 1 aromatic heterocycles. The van der Waals surface area contributed by atoms with Crippen LogP contribution in [-0.4, -0.2) is 28.9 Å². The van der Waals surface area contributed by atoms with E-state index in [2.05, 4.69) is 4.98 Å². The fourth-order valence-electron chi connectivity index (χ4n) is 2.50. The molecule has 0 saturated carbocycles. The molecule has 0 bridgehead atoms. The summed E-state index contributed by atoms with van der Waals surface area (Å²) in [6.07, 6.45) is 7.07. The van der Waals surface area contributed by atoms with Gasteiger partial charge < -0.3 is 4.90 Å². The van der Waals surface area contributed by atoms with Crippen LogP contribution < -0.4 is 0 Å². The minimum Gasteiger partial charge on any atom is -0.339 e. The lowest BCUT2D eigenvalue weighted by atomic mass is 10.1. The molecule has 3 nitrogen and oxygen atoms in total. The normalized spacial score (nSPS) is 15.9. The van der Waals surface area contributed by atoms with Crippen LogP contribution in [0.2, 0.25) is 0 Å². The number of piperidine rings is 1. The van der Waals surface area contributed by atoms with Gasteiger partial charge in [-0.2, -0.15) is 0 Å². The van der Waals surface area contributed by atoms with E-state index >= 15 is 0 Å². The second-order valence-electron chi connectivity index (χ2n) is 4.79. The van der Waals surface area contributed by atoms with E-state index in [1.165, 1.54) is 6.42 Å². The largest absolute Gasteiger partial charge is 0.339 e. The highest BCUT2D eigenvalue weighted by molar-refractivity contribution is 5.98. The first-order valence-corrected chi connectivity index (χ1v) is 6.48. The van der Waals surface area contributed by atoms with Gasteiger partial charge in [-0.3, -0.25) is 9.78 Å². The molecule has 1 saturated heterocycles. The number of aromatic nitrogens is 1. The molecule has 2 heterocycles. The van der Waals surface area contributed by atoms with Gasteiger partial charge in [0.05, 0.1) is 0 Å². The molecule has 0 atom stereocenters. The van der Waals surface area contributed by atoms with E-state index in [0.717, 1.165) is 42.3 Å². The van der Waals surface area contributed by atoms with Gasteiger partial charge in [-0.25, -0.2) is 0 Å². The Balaban J connectivity index is 1.91. The molecule has 1 aromatic carbocycles. The third kappa shape index (κ3) is 2.08. The first-order chi connectivity index (χ1) is 8.84. The molecule has 3 rings (SSSR count). The summed E-state index contributed by atoms with van der Waals surface area (Å²) in [6, 6.07) is 7.82. The lowest BCUT2D eigenvalue weighted by Crippen LogP contribution is -2.35. The van der Waals surface area contributed by atoms with Crippen molar-refractivity contribution in [3.05, 3.63) is 42.2 Å². The van der Waals surface area contributed by atoms with Gasteiger partial charge in [0.2, 0.25) is 0 Å². The summed E-state index contributed by atoms with van der Waals surface area (Å²) < 4.78 is 0.